The maximum Gasteiger partial charge on any atom is 0.0993 e. The van der Waals surface area contributed by atoms with Gasteiger partial charge in [0.2, 0.25) is 0 Å². The van der Waals surface area contributed by atoms with E-state index in [9.17, 15) is 0 Å². The number of aliphatic imine (C=N–C) groups is 2. The number of benzene rings is 2. The Hall–Kier alpha value is -2.07. The Morgan fingerprint density at radius 3 is 2.62 bits per heavy atom. The monoisotopic (exact) mass is 403 g/mol. The lowest BCUT2D eigenvalue weighted by molar-refractivity contribution is 0.302. The molecule has 0 spiro atoms. The highest BCUT2D eigenvalue weighted by molar-refractivity contribution is 8.16. The van der Waals surface area contributed by atoms with E-state index in [2.05, 4.69) is 80.6 Å². The number of rotatable bonds is 2. The van der Waals surface area contributed by atoms with Gasteiger partial charge in [0.1, 0.15) is 0 Å². The van der Waals surface area contributed by atoms with Crippen LogP contribution in [0.4, 0.5) is 5.69 Å². The van der Waals surface area contributed by atoms with Gasteiger partial charge in [-0.15, -0.1) is 0 Å². The topological polar surface area (TPSA) is 36.8 Å². The Morgan fingerprint density at radius 1 is 1.07 bits per heavy atom. The van der Waals surface area contributed by atoms with Crippen LogP contribution in [-0.4, -0.2) is 35.1 Å². The Balaban J connectivity index is 1.59. The van der Waals surface area contributed by atoms with Crippen LogP contribution >= 0.6 is 11.8 Å². The molecule has 0 aromatic heterocycles. The number of nitrogens with one attached hydrogen (secondary N) is 1. The first-order chi connectivity index (χ1) is 13.9. The molecule has 5 rings (SSSR count). The van der Waals surface area contributed by atoms with Crippen molar-refractivity contribution in [3.8, 4) is 11.1 Å². The van der Waals surface area contributed by atoms with Crippen molar-refractivity contribution in [2.24, 2.45) is 15.4 Å². The summed E-state index contributed by atoms with van der Waals surface area (Å²) >= 11 is 1.93. The molecule has 2 aromatic carbocycles. The van der Waals surface area contributed by atoms with Crippen molar-refractivity contribution in [1.29, 1.82) is 0 Å². The fourth-order valence-corrected chi connectivity index (χ4v) is 6.58. The maximum absolute atomic E-state index is 5.26. The van der Waals surface area contributed by atoms with Crippen LogP contribution in [0.5, 0.6) is 0 Å². The number of fused-ring (bicyclic) bond motifs is 2. The minimum Gasteiger partial charge on any atom is -0.384 e. The average molecular weight is 404 g/mol. The molecule has 3 heterocycles. The van der Waals surface area contributed by atoms with Crippen molar-refractivity contribution in [3.05, 3.63) is 53.1 Å². The summed E-state index contributed by atoms with van der Waals surface area (Å²) in [7, 11) is 0. The summed E-state index contributed by atoms with van der Waals surface area (Å²) in [5, 5.41) is 4.70. The van der Waals surface area contributed by atoms with Gasteiger partial charge in [-0.05, 0) is 53.5 Å². The number of thioether (sulfide) groups is 1. The summed E-state index contributed by atoms with van der Waals surface area (Å²) in [6.45, 7) is 11.2. The normalized spacial score (nSPS) is 25.4. The summed E-state index contributed by atoms with van der Waals surface area (Å²) in [5.41, 5.74) is 8.14. The molecule has 3 aliphatic rings. The van der Waals surface area contributed by atoms with Crippen LogP contribution in [0.1, 0.15) is 43.9 Å². The van der Waals surface area contributed by atoms with Gasteiger partial charge in [0.15, 0.2) is 0 Å². The molecule has 0 amide bonds. The van der Waals surface area contributed by atoms with Crippen LogP contribution in [0, 0.1) is 12.3 Å². The number of hydrogen-bond donors (Lipinski definition) is 1. The summed E-state index contributed by atoms with van der Waals surface area (Å²) in [6.07, 6.45) is 4.34. The molecule has 2 aromatic rings. The average Bonchev–Trinajstić information content (AvgIpc) is 3.32. The van der Waals surface area contributed by atoms with Gasteiger partial charge >= 0.3 is 0 Å². The van der Waals surface area contributed by atoms with E-state index in [0.29, 0.717) is 6.04 Å². The molecular weight excluding hydrogens is 374 g/mol. The fraction of sp³-hybridized carbons (Fsp3) is 0.440. The highest BCUT2D eigenvalue weighted by Crippen LogP contribution is 2.52. The molecule has 0 aliphatic carbocycles. The van der Waals surface area contributed by atoms with E-state index >= 15 is 0 Å². The van der Waals surface area contributed by atoms with Gasteiger partial charge in [-0.2, -0.15) is 0 Å². The molecule has 0 radical (unpaired) electrons. The van der Waals surface area contributed by atoms with Crippen molar-refractivity contribution < 1.29 is 0 Å². The van der Waals surface area contributed by atoms with Crippen LogP contribution in [0.3, 0.4) is 0 Å². The van der Waals surface area contributed by atoms with Gasteiger partial charge in [-0.25, -0.2) is 0 Å². The first-order valence-corrected chi connectivity index (χ1v) is 11.5. The van der Waals surface area contributed by atoms with Gasteiger partial charge in [0.25, 0.3) is 0 Å². The molecule has 2 atom stereocenters. The molecule has 0 bridgehead atoms. The quantitative estimate of drug-likeness (QED) is 0.693. The molecule has 0 saturated heterocycles. The summed E-state index contributed by atoms with van der Waals surface area (Å²) in [6, 6.07) is 13.7. The van der Waals surface area contributed by atoms with Gasteiger partial charge in [-0.3, -0.25) is 9.98 Å². The lowest BCUT2D eigenvalue weighted by Gasteiger charge is -2.43. The van der Waals surface area contributed by atoms with Crippen molar-refractivity contribution in [1.82, 2.24) is 0 Å². The summed E-state index contributed by atoms with van der Waals surface area (Å²) in [4.78, 5) is 9.95. The third-order valence-electron chi connectivity index (χ3n) is 6.74. The van der Waals surface area contributed by atoms with E-state index in [0.717, 1.165) is 25.9 Å². The molecule has 2 unspecified atom stereocenters. The Bertz CT molecular complexity index is 1030. The highest BCUT2D eigenvalue weighted by atomic mass is 32.2. The Morgan fingerprint density at radius 2 is 1.83 bits per heavy atom. The number of anilines is 1. The highest BCUT2D eigenvalue weighted by Gasteiger charge is 2.53. The minimum atomic E-state index is -0.0407. The van der Waals surface area contributed by atoms with Gasteiger partial charge < -0.3 is 5.32 Å². The van der Waals surface area contributed by atoms with E-state index in [1.165, 1.54) is 38.5 Å². The Kier molecular flexibility index (Phi) is 4.39. The van der Waals surface area contributed by atoms with Crippen molar-refractivity contribution in [3.63, 3.8) is 0 Å². The summed E-state index contributed by atoms with van der Waals surface area (Å²) in [5.74, 6) is 0. The minimum absolute atomic E-state index is 0.0407. The second-order valence-corrected chi connectivity index (χ2v) is 10.7. The van der Waals surface area contributed by atoms with Crippen LogP contribution < -0.4 is 5.32 Å². The predicted molar refractivity (Wildman–Crippen MR) is 127 cm³/mol. The van der Waals surface area contributed by atoms with Crippen molar-refractivity contribution in [2.45, 2.75) is 51.3 Å². The largest absolute Gasteiger partial charge is 0.384 e. The fourth-order valence-electron chi connectivity index (χ4n) is 5.01. The van der Waals surface area contributed by atoms with Crippen LogP contribution in [0.15, 0.2) is 46.4 Å². The maximum atomic E-state index is 5.26. The first kappa shape index (κ1) is 18.9. The Labute approximate surface area is 178 Å². The van der Waals surface area contributed by atoms with Crippen LogP contribution in [0.2, 0.25) is 0 Å². The van der Waals surface area contributed by atoms with E-state index in [1.807, 2.05) is 11.8 Å². The molecular formula is C25H29N3S. The smallest absolute Gasteiger partial charge is 0.0993 e. The third-order valence-corrected chi connectivity index (χ3v) is 8.59. The molecule has 1 N–H and O–H groups in total. The van der Waals surface area contributed by atoms with Gasteiger partial charge in [0, 0.05) is 30.6 Å². The molecule has 3 aliphatic heterocycles. The zero-order chi connectivity index (χ0) is 20.2. The molecule has 0 fully saturated rings. The molecule has 0 saturated carbocycles. The lowest BCUT2D eigenvalue weighted by atomic mass is 9.74. The van der Waals surface area contributed by atoms with Crippen LogP contribution in [-0.2, 0) is 6.42 Å². The van der Waals surface area contributed by atoms with Gasteiger partial charge in [0.05, 0.1) is 15.8 Å². The SMILES string of the molecule is Cc1c(C2=NC3CCN=CC3(C(C)(C)C)S2)cccc1-c1cccc2c1CCN2. The van der Waals surface area contributed by atoms with E-state index < -0.39 is 0 Å². The number of hydrogen-bond acceptors (Lipinski definition) is 4. The zero-order valence-corrected chi connectivity index (χ0v) is 18.6. The predicted octanol–water partition coefficient (Wildman–Crippen LogP) is 5.75. The lowest BCUT2D eigenvalue weighted by Crippen LogP contribution is -2.50. The third kappa shape index (κ3) is 2.87. The van der Waals surface area contributed by atoms with Crippen molar-refractivity contribution >= 4 is 28.7 Å². The van der Waals surface area contributed by atoms with E-state index in [-0.39, 0.29) is 10.2 Å². The van der Waals surface area contributed by atoms with E-state index in [1.54, 1.807) is 0 Å². The standard InChI is InChI=1S/C25H29N3S/c1-16-17(19-9-6-10-21-20(19)11-14-27-21)7-5-8-18(16)23-28-22-12-13-26-15-25(22,29-23)24(2,3)4/h5-10,15,22,27H,11-14H2,1-4H3. The zero-order valence-electron chi connectivity index (χ0n) is 17.7. The second-order valence-electron chi connectivity index (χ2n) is 9.41. The van der Waals surface area contributed by atoms with Gasteiger partial charge in [-0.1, -0.05) is 62.9 Å². The van der Waals surface area contributed by atoms with Crippen LogP contribution in [0.25, 0.3) is 11.1 Å². The van der Waals surface area contributed by atoms with E-state index in [4.69, 9.17) is 4.99 Å². The molecule has 3 nitrogen and oxygen atoms in total. The second kappa shape index (κ2) is 6.73. The molecule has 29 heavy (non-hydrogen) atoms. The first-order valence-electron chi connectivity index (χ1n) is 10.6. The van der Waals surface area contributed by atoms with Crippen molar-refractivity contribution in [2.75, 3.05) is 18.4 Å². The number of nitrogens with zero attached hydrogens (tertiary/aromatic N) is 2. The summed E-state index contributed by atoms with van der Waals surface area (Å²) < 4.78 is -0.0407. The molecule has 150 valence electrons. The molecule has 4 heteroatoms.